The summed E-state index contributed by atoms with van der Waals surface area (Å²) >= 11 is 0. The van der Waals surface area contributed by atoms with E-state index in [-0.39, 0.29) is 27.7 Å². The van der Waals surface area contributed by atoms with Gasteiger partial charge in [0.1, 0.15) is 30.3 Å². The van der Waals surface area contributed by atoms with Crippen LogP contribution in [0.3, 0.4) is 0 Å². The van der Waals surface area contributed by atoms with Crippen molar-refractivity contribution in [2.24, 2.45) is 0 Å². The van der Waals surface area contributed by atoms with E-state index in [9.17, 15) is 24.0 Å². The van der Waals surface area contributed by atoms with Crippen LogP contribution < -0.4 is 10.2 Å². The second kappa shape index (κ2) is 13.1. The highest BCUT2D eigenvalue weighted by Gasteiger charge is 2.53. The van der Waals surface area contributed by atoms with Gasteiger partial charge in [-0.3, -0.25) is 24.0 Å². The Morgan fingerprint density at radius 1 is 0.800 bits per heavy atom. The zero-order chi connectivity index (χ0) is 32.2. The molecule has 0 amide bonds. The van der Waals surface area contributed by atoms with E-state index in [0.29, 0.717) is 5.69 Å². The minimum atomic E-state index is -1.45. The lowest BCUT2D eigenvalue weighted by molar-refractivity contribution is -0.288. The number of nitrogens with zero attached hydrogens (tertiary/aromatic N) is 1. The minimum absolute atomic E-state index is 0.128. The number of benzene rings is 2. The van der Waals surface area contributed by atoms with Crippen molar-refractivity contribution >= 4 is 45.7 Å². The predicted octanol–water partition coefficient (Wildman–Crippen LogP) is 3.47. The Hall–Kier alpha value is -5.30. The van der Waals surface area contributed by atoms with Gasteiger partial charge in [0, 0.05) is 39.1 Å². The zero-order valence-corrected chi connectivity index (χ0v) is 24.7. The normalized spacial score (nSPS) is 21.1. The van der Waals surface area contributed by atoms with E-state index in [4.69, 9.17) is 32.8 Å². The fourth-order valence-corrected chi connectivity index (χ4v) is 4.99. The molecule has 234 valence electrons. The van der Waals surface area contributed by atoms with Crippen LogP contribution in [0.15, 0.2) is 70.1 Å². The largest absolute Gasteiger partial charge is 0.463 e. The number of hydrogen-bond donors (Lipinski definition) is 0. The summed E-state index contributed by atoms with van der Waals surface area (Å²) in [6, 6.07) is 15.5. The van der Waals surface area contributed by atoms with Gasteiger partial charge in [0.25, 0.3) is 0 Å². The first-order valence-corrected chi connectivity index (χ1v) is 13.9. The van der Waals surface area contributed by atoms with Crippen molar-refractivity contribution in [1.82, 2.24) is 4.98 Å². The molecule has 4 aromatic rings. The number of ether oxygens (including phenoxy) is 6. The molecule has 5 atom stereocenters. The summed E-state index contributed by atoms with van der Waals surface area (Å²) in [5.41, 5.74) is 1.29. The van der Waals surface area contributed by atoms with Crippen LogP contribution in [-0.4, -0.2) is 66.2 Å². The summed E-state index contributed by atoms with van der Waals surface area (Å²) in [7, 11) is 0. The molecule has 2 aromatic heterocycles. The lowest BCUT2D eigenvalue weighted by Crippen LogP contribution is -2.63. The van der Waals surface area contributed by atoms with Gasteiger partial charge in [0.2, 0.25) is 17.8 Å². The molecule has 0 bridgehead atoms. The maximum absolute atomic E-state index is 13.4. The number of carbonyl (C=O) groups is 4. The van der Waals surface area contributed by atoms with Crippen molar-refractivity contribution in [2.75, 3.05) is 6.61 Å². The summed E-state index contributed by atoms with van der Waals surface area (Å²) < 4.78 is 39.1. The van der Waals surface area contributed by atoms with E-state index in [1.165, 1.54) is 31.4 Å². The first-order valence-electron chi connectivity index (χ1n) is 13.9. The van der Waals surface area contributed by atoms with E-state index < -0.39 is 61.2 Å². The fraction of sp³-hybridized carbons (Fsp3) is 0.312. The molecule has 5 unspecified atom stereocenters. The highest BCUT2D eigenvalue weighted by molar-refractivity contribution is 5.85. The number of pyridine rings is 1. The van der Waals surface area contributed by atoms with Crippen LogP contribution in [0.2, 0.25) is 0 Å². The molecular weight excluding hydrogens is 590 g/mol. The van der Waals surface area contributed by atoms with Crippen LogP contribution in [-0.2, 0) is 42.9 Å². The van der Waals surface area contributed by atoms with Gasteiger partial charge >= 0.3 is 23.9 Å². The second-order valence-corrected chi connectivity index (χ2v) is 10.2. The number of hydrogen-bond acceptors (Lipinski definition) is 13. The SMILES string of the molecule is CC(=O)OCC1OC(Oc2ccc3c(=O)c(-c4ccc5ccccc5n4)coc3c2)C(OC(C)=O)C(OC(C)=O)C1OC(C)=O. The Kier molecular flexibility index (Phi) is 9.09. The van der Waals surface area contributed by atoms with E-state index in [0.717, 1.165) is 31.7 Å². The van der Waals surface area contributed by atoms with E-state index in [1.54, 1.807) is 6.07 Å². The highest BCUT2D eigenvalue weighted by atomic mass is 16.7. The van der Waals surface area contributed by atoms with Gasteiger partial charge in [-0.2, -0.15) is 0 Å². The average molecular weight is 620 g/mol. The highest BCUT2D eigenvalue weighted by Crippen LogP contribution is 2.32. The summed E-state index contributed by atoms with van der Waals surface area (Å²) in [6.45, 7) is 4.14. The third kappa shape index (κ3) is 7.10. The Bertz CT molecular complexity index is 1830. The molecule has 0 spiro atoms. The van der Waals surface area contributed by atoms with Crippen LogP contribution in [0.5, 0.6) is 5.75 Å². The topological polar surface area (TPSA) is 167 Å². The first-order chi connectivity index (χ1) is 21.5. The molecule has 1 fully saturated rings. The molecule has 0 radical (unpaired) electrons. The van der Waals surface area contributed by atoms with Gasteiger partial charge in [0.15, 0.2) is 12.2 Å². The van der Waals surface area contributed by atoms with Crippen molar-refractivity contribution in [3.05, 3.63) is 71.1 Å². The van der Waals surface area contributed by atoms with Crippen molar-refractivity contribution < 1.29 is 52.0 Å². The molecule has 2 aromatic carbocycles. The Balaban J connectivity index is 1.48. The van der Waals surface area contributed by atoms with Crippen LogP contribution >= 0.6 is 0 Å². The second-order valence-electron chi connectivity index (χ2n) is 10.2. The Morgan fingerprint density at radius 3 is 2.20 bits per heavy atom. The lowest BCUT2D eigenvalue weighted by atomic mass is 9.98. The van der Waals surface area contributed by atoms with Gasteiger partial charge in [-0.15, -0.1) is 0 Å². The summed E-state index contributed by atoms with van der Waals surface area (Å²) in [5.74, 6) is -2.81. The van der Waals surface area contributed by atoms with Crippen molar-refractivity contribution in [3.8, 4) is 17.0 Å². The van der Waals surface area contributed by atoms with Gasteiger partial charge in [0.05, 0.1) is 22.2 Å². The molecule has 13 heteroatoms. The molecular formula is C32H29NO12. The third-order valence-corrected chi connectivity index (χ3v) is 6.82. The monoisotopic (exact) mass is 619 g/mol. The molecule has 5 rings (SSSR count). The summed E-state index contributed by atoms with van der Waals surface area (Å²) in [5, 5.41) is 1.17. The number of carbonyl (C=O) groups excluding carboxylic acids is 4. The van der Waals surface area contributed by atoms with Crippen molar-refractivity contribution in [1.29, 1.82) is 0 Å². The molecule has 13 nitrogen and oxygen atoms in total. The average Bonchev–Trinajstić information content (AvgIpc) is 2.98. The lowest BCUT2D eigenvalue weighted by Gasteiger charge is -2.43. The molecule has 0 aliphatic carbocycles. The minimum Gasteiger partial charge on any atom is -0.463 e. The van der Waals surface area contributed by atoms with Gasteiger partial charge < -0.3 is 32.8 Å². The van der Waals surface area contributed by atoms with Gasteiger partial charge in [-0.25, -0.2) is 4.98 Å². The Labute approximate surface area is 255 Å². The summed E-state index contributed by atoms with van der Waals surface area (Å²) in [4.78, 5) is 65.7. The number of para-hydroxylation sites is 1. The maximum Gasteiger partial charge on any atom is 0.303 e. The molecule has 1 aliphatic rings. The number of esters is 4. The van der Waals surface area contributed by atoms with Gasteiger partial charge in [-0.1, -0.05) is 24.3 Å². The molecule has 1 aliphatic heterocycles. The first kappa shape index (κ1) is 31.1. The third-order valence-electron chi connectivity index (χ3n) is 6.82. The standard InChI is InChI=1S/C32H29NO12/c1-16(34)39-15-27-29(41-17(2)35)30(42-18(3)36)31(43-19(4)37)32(45-27)44-21-10-11-22-26(13-21)40-14-23(28(22)38)25-12-9-20-7-5-6-8-24(20)33-25/h5-14,27,29-32H,15H2,1-4H3. The fourth-order valence-electron chi connectivity index (χ4n) is 4.99. The van der Waals surface area contributed by atoms with Crippen LogP contribution in [0.1, 0.15) is 27.7 Å². The maximum atomic E-state index is 13.4. The van der Waals surface area contributed by atoms with Crippen molar-refractivity contribution in [3.63, 3.8) is 0 Å². The smallest absolute Gasteiger partial charge is 0.303 e. The number of fused-ring (bicyclic) bond motifs is 2. The van der Waals surface area contributed by atoms with Crippen LogP contribution in [0.25, 0.3) is 33.1 Å². The molecule has 3 heterocycles. The quantitative estimate of drug-likeness (QED) is 0.208. The molecule has 0 saturated carbocycles. The zero-order valence-electron chi connectivity index (χ0n) is 24.7. The Morgan fingerprint density at radius 2 is 1.49 bits per heavy atom. The van der Waals surface area contributed by atoms with Crippen LogP contribution in [0, 0.1) is 0 Å². The molecule has 45 heavy (non-hydrogen) atoms. The molecule has 1 saturated heterocycles. The van der Waals surface area contributed by atoms with Crippen LogP contribution in [0.4, 0.5) is 0 Å². The van der Waals surface area contributed by atoms with E-state index >= 15 is 0 Å². The van der Waals surface area contributed by atoms with E-state index in [2.05, 4.69) is 4.98 Å². The number of aromatic nitrogens is 1. The van der Waals surface area contributed by atoms with E-state index in [1.807, 2.05) is 30.3 Å². The predicted molar refractivity (Wildman–Crippen MR) is 156 cm³/mol. The molecule has 0 N–H and O–H groups in total. The number of rotatable bonds is 8. The summed E-state index contributed by atoms with van der Waals surface area (Å²) in [6.07, 6.45) is -5.48. The van der Waals surface area contributed by atoms with Crippen molar-refractivity contribution in [2.45, 2.75) is 58.4 Å². The van der Waals surface area contributed by atoms with Gasteiger partial charge in [-0.05, 0) is 24.3 Å².